The Morgan fingerprint density at radius 3 is 2.82 bits per heavy atom. The molecule has 0 atom stereocenters. The van der Waals surface area contributed by atoms with Crippen LogP contribution >= 0.6 is 15.9 Å². The molecule has 0 radical (unpaired) electrons. The molecule has 88 valence electrons. The van der Waals surface area contributed by atoms with E-state index in [1.54, 1.807) is 12.4 Å². The predicted octanol–water partition coefficient (Wildman–Crippen LogP) is 2.80. The molecule has 2 rings (SSSR count). The largest absolute Gasteiger partial charge is 0.437 e. The van der Waals surface area contributed by atoms with Crippen LogP contribution in [0.3, 0.4) is 0 Å². The molecule has 5 heteroatoms. The highest BCUT2D eigenvalue weighted by Crippen LogP contribution is 2.27. The van der Waals surface area contributed by atoms with Gasteiger partial charge in [0.25, 0.3) is 0 Å². The second-order valence-electron chi connectivity index (χ2n) is 3.52. The Labute approximate surface area is 108 Å². The van der Waals surface area contributed by atoms with Crippen LogP contribution < -0.4 is 10.5 Å². The summed E-state index contributed by atoms with van der Waals surface area (Å²) in [6, 6.07) is 5.82. The first-order valence-electron chi connectivity index (χ1n) is 5.14. The maximum Gasteiger partial charge on any atom is 0.242 e. The van der Waals surface area contributed by atoms with Crippen molar-refractivity contribution in [3.8, 4) is 11.6 Å². The van der Waals surface area contributed by atoms with Crippen molar-refractivity contribution < 1.29 is 4.74 Å². The smallest absolute Gasteiger partial charge is 0.242 e. The van der Waals surface area contributed by atoms with E-state index in [0.717, 1.165) is 15.8 Å². The predicted molar refractivity (Wildman–Crippen MR) is 68.9 cm³/mol. The Bertz CT molecular complexity index is 531. The molecule has 0 saturated carbocycles. The van der Waals surface area contributed by atoms with Crippen LogP contribution in [0.2, 0.25) is 0 Å². The second-order valence-corrected chi connectivity index (χ2v) is 4.44. The van der Waals surface area contributed by atoms with E-state index in [1.807, 2.05) is 25.1 Å². The van der Waals surface area contributed by atoms with Crippen LogP contribution in [0.4, 0.5) is 0 Å². The third-order valence-electron chi connectivity index (χ3n) is 2.29. The highest BCUT2D eigenvalue weighted by Gasteiger charge is 2.08. The van der Waals surface area contributed by atoms with Gasteiger partial charge in [-0.2, -0.15) is 0 Å². The zero-order valence-electron chi connectivity index (χ0n) is 9.35. The number of aryl methyl sites for hydroxylation is 1. The van der Waals surface area contributed by atoms with Crippen molar-refractivity contribution >= 4 is 15.9 Å². The fourth-order valence-corrected chi connectivity index (χ4v) is 1.71. The third kappa shape index (κ3) is 2.81. The Hall–Kier alpha value is -1.46. The van der Waals surface area contributed by atoms with Gasteiger partial charge in [-0.05, 0) is 24.6 Å². The van der Waals surface area contributed by atoms with Gasteiger partial charge < -0.3 is 10.5 Å². The molecule has 0 aliphatic carbocycles. The zero-order valence-corrected chi connectivity index (χ0v) is 10.9. The van der Waals surface area contributed by atoms with Crippen LogP contribution in [-0.2, 0) is 6.54 Å². The van der Waals surface area contributed by atoms with Crippen LogP contribution in [0.15, 0.2) is 35.1 Å². The van der Waals surface area contributed by atoms with E-state index >= 15 is 0 Å². The standard InChI is InChI=1S/C12H12BrN3O/c1-8-2-3-9(13)6-11(8)17-12-10(7-14)15-4-5-16-12/h2-6H,7,14H2,1H3. The number of ether oxygens (including phenoxy) is 1. The Balaban J connectivity index is 2.34. The molecular weight excluding hydrogens is 282 g/mol. The average molecular weight is 294 g/mol. The fraction of sp³-hybridized carbons (Fsp3) is 0.167. The van der Waals surface area contributed by atoms with Gasteiger partial charge in [0.1, 0.15) is 11.4 Å². The topological polar surface area (TPSA) is 61.0 Å². The van der Waals surface area contributed by atoms with Gasteiger partial charge in [-0.1, -0.05) is 22.0 Å². The highest BCUT2D eigenvalue weighted by atomic mass is 79.9. The third-order valence-corrected chi connectivity index (χ3v) is 2.78. The monoisotopic (exact) mass is 293 g/mol. The van der Waals surface area contributed by atoms with E-state index < -0.39 is 0 Å². The quantitative estimate of drug-likeness (QED) is 0.945. The molecule has 0 saturated heterocycles. The number of hydrogen-bond donors (Lipinski definition) is 1. The molecule has 2 aromatic rings. The molecule has 17 heavy (non-hydrogen) atoms. The van der Waals surface area contributed by atoms with E-state index in [2.05, 4.69) is 25.9 Å². The van der Waals surface area contributed by atoms with Gasteiger partial charge in [0.15, 0.2) is 0 Å². The van der Waals surface area contributed by atoms with Crippen LogP contribution in [0.25, 0.3) is 0 Å². The van der Waals surface area contributed by atoms with Gasteiger partial charge in [0, 0.05) is 23.4 Å². The molecule has 0 spiro atoms. The van der Waals surface area contributed by atoms with Gasteiger partial charge in [-0.15, -0.1) is 0 Å². The van der Waals surface area contributed by atoms with Crippen LogP contribution in [-0.4, -0.2) is 9.97 Å². The van der Waals surface area contributed by atoms with Gasteiger partial charge >= 0.3 is 0 Å². The van der Waals surface area contributed by atoms with Crippen LogP contribution in [0.5, 0.6) is 11.6 Å². The SMILES string of the molecule is Cc1ccc(Br)cc1Oc1nccnc1CN. The maximum atomic E-state index is 5.73. The first kappa shape index (κ1) is 12.0. The lowest BCUT2D eigenvalue weighted by molar-refractivity contribution is 0.448. The van der Waals surface area contributed by atoms with E-state index in [1.165, 1.54) is 0 Å². The first-order chi connectivity index (χ1) is 8.20. The normalized spacial score (nSPS) is 10.3. The van der Waals surface area contributed by atoms with Gasteiger partial charge in [-0.3, -0.25) is 4.98 Å². The average Bonchev–Trinajstić information content (AvgIpc) is 2.34. The minimum absolute atomic E-state index is 0.302. The summed E-state index contributed by atoms with van der Waals surface area (Å²) in [5.41, 5.74) is 7.26. The summed E-state index contributed by atoms with van der Waals surface area (Å²) in [4.78, 5) is 8.26. The molecule has 0 fully saturated rings. The highest BCUT2D eigenvalue weighted by molar-refractivity contribution is 9.10. The van der Waals surface area contributed by atoms with Crippen molar-refractivity contribution in [2.45, 2.75) is 13.5 Å². The molecule has 0 unspecified atom stereocenters. The zero-order chi connectivity index (χ0) is 12.3. The van der Waals surface area contributed by atoms with Crippen molar-refractivity contribution in [3.05, 3.63) is 46.3 Å². The molecule has 0 bridgehead atoms. The Kier molecular flexibility index (Phi) is 3.71. The maximum absolute atomic E-state index is 5.73. The molecule has 0 amide bonds. The number of aromatic nitrogens is 2. The number of halogens is 1. The van der Waals surface area contributed by atoms with Crippen molar-refractivity contribution in [1.29, 1.82) is 0 Å². The van der Waals surface area contributed by atoms with Crippen molar-refractivity contribution in [3.63, 3.8) is 0 Å². The van der Waals surface area contributed by atoms with Crippen molar-refractivity contribution in [1.82, 2.24) is 9.97 Å². The lowest BCUT2D eigenvalue weighted by Gasteiger charge is -2.10. The summed E-state index contributed by atoms with van der Waals surface area (Å²) < 4.78 is 6.68. The molecule has 1 aromatic carbocycles. The Morgan fingerprint density at radius 2 is 2.06 bits per heavy atom. The molecule has 2 N–H and O–H groups in total. The number of nitrogens with two attached hydrogens (primary N) is 1. The molecule has 0 aliphatic rings. The van der Waals surface area contributed by atoms with Crippen LogP contribution in [0.1, 0.15) is 11.3 Å². The molecule has 4 nitrogen and oxygen atoms in total. The summed E-state index contributed by atoms with van der Waals surface area (Å²) >= 11 is 3.40. The van der Waals surface area contributed by atoms with Gasteiger partial charge in [0.05, 0.1) is 0 Å². The summed E-state index contributed by atoms with van der Waals surface area (Å²) in [7, 11) is 0. The fourth-order valence-electron chi connectivity index (χ4n) is 1.37. The first-order valence-corrected chi connectivity index (χ1v) is 5.94. The molecule has 1 heterocycles. The number of rotatable bonds is 3. The lowest BCUT2D eigenvalue weighted by atomic mass is 10.2. The number of hydrogen-bond acceptors (Lipinski definition) is 4. The summed E-state index contributed by atoms with van der Waals surface area (Å²) in [6.45, 7) is 2.27. The summed E-state index contributed by atoms with van der Waals surface area (Å²) in [6.07, 6.45) is 3.19. The lowest BCUT2D eigenvalue weighted by Crippen LogP contribution is -2.04. The minimum atomic E-state index is 0.302. The molecule has 0 aliphatic heterocycles. The number of nitrogens with zero attached hydrogens (tertiary/aromatic N) is 2. The van der Waals surface area contributed by atoms with E-state index in [4.69, 9.17) is 10.5 Å². The Morgan fingerprint density at radius 1 is 1.29 bits per heavy atom. The van der Waals surface area contributed by atoms with E-state index in [9.17, 15) is 0 Å². The van der Waals surface area contributed by atoms with Crippen LogP contribution in [0, 0.1) is 6.92 Å². The van der Waals surface area contributed by atoms with Crippen molar-refractivity contribution in [2.24, 2.45) is 5.73 Å². The number of benzene rings is 1. The van der Waals surface area contributed by atoms with E-state index in [0.29, 0.717) is 18.1 Å². The summed E-state index contributed by atoms with van der Waals surface area (Å²) in [5, 5.41) is 0. The molecular formula is C12H12BrN3O. The summed E-state index contributed by atoms with van der Waals surface area (Å²) in [5.74, 6) is 1.20. The van der Waals surface area contributed by atoms with E-state index in [-0.39, 0.29) is 0 Å². The molecule has 1 aromatic heterocycles. The van der Waals surface area contributed by atoms with Crippen molar-refractivity contribution in [2.75, 3.05) is 0 Å². The van der Waals surface area contributed by atoms with Gasteiger partial charge in [0.2, 0.25) is 5.88 Å². The minimum Gasteiger partial charge on any atom is -0.437 e. The van der Waals surface area contributed by atoms with Gasteiger partial charge in [-0.25, -0.2) is 4.98 Å². The second kappa shape index (κ2) is 5.25.